The van der Waals surface area contributed by atoms with Gasteiger partial charge in [-0.15, -0.1) is 0 Å². The van der Waals surface area contributed by atoms with Crippen LogP contribution < -0.4 is 5.32 Å². The lowest BCUT2D eigenvalue weighted by Gasteiger charge is -2.37. The van der Waals surface area contributed by atoms with E-state index in [2.05, 4.69) is 51.1 Å². The lowest BCUT2D eigenvalue weighted by molar-refractivity contribution is 0.166. The van der Waals surface area contributed by atoms with Crippen molar-refractivity contribution in [1.29, 1.82) is 0 Å². The number of benzene rings is 1. The Labute approximate surface area is 160 Å². The van der Waals surface area contributed by atoms with Gasteiger partial charge in [0.15, 0.2) is 0 Å². The molecule has 1 atom stereocenters. The minimum atomic E-state index is -0.0378. The second-order valence-electron chi connectivity index (χ2n) is 7.16. The second kappa shape index (κ2) is 7.42. The van der Waals surface area contributed by atoms with E-state index in [1.54, 1.807) is 0 Å². The summed E-state index contributed by atoms with van der Waals surface area (Å²) in [5, 5.41) is 3.01. The van der Waals surface area contributed by atoms with E-state index < -0.39 is 0 Å². The molecule has 0 saturated carbocycles. The van der Waals surface area contributed by atoms with Gasteiger partial charge in [-0.1, -0.05) is 19.1 Å². The zero-order valence-electron chi connectivity index (χ0n) is 15.9. The van der Waals surface area contributed by atoms with E-state index in [1.807, 2.05) is 29.4 Å². The fourth-order valence-electron chi connectivity index (χ4n) is 3.57. The number of carbonyl (C=O) groups is 1. The van der Waals surface area contributed by atoms with Crippen molar-refractivity contribution in [2.24, 2.45) is 9.98 Å². The van der Waals surface area contributed by atoms with Gasteiger partial charge in [0.25, 0.3) is 0 Å². The van der Waals surface area contributed by atoms with E-state index in [1.165, 1.54) is 5.56 Å². The monoisotopic (exact) mass is 366 g/mol. The Bertz CT molecular complexity index is 806. The van der Waals surface area contributed by atoms with Crippen molar-refractivity contribution >= 4 is 23.9 Å². The smallest absolute Gasteiger partial charge is 0.321 e. The zero-order valence-corrected chi connectivity index (χ0v) is 15.9. The largest absolute Gasteiger partial charge is 0.353 e. The van der Waals surface area contributed by atoms with E-state index in [9.17, 15) is 4.79 Å². The minimum Gasteiger partial charge on any atom is -0.353 e. The summed E-state index contributed by atoms with van der Waals surface area (Å²) in [6.45, 7) is 7.98. The number of aryl methyl sites for hydroxylation is 1. The number of piperazine rings is 1. The number of urea groups is 1. The van der Waals surface area contributed by atoms with Crippen LogP contribution in [0.2, 0.25) is 0 Å². The van der Waals surface area contributed by atoms with Gasteiger partial charge in [-0.25, -0.2) is 9.79 Å². The van der Waals surface area contributed by atoms with Crippen LogP contribution in [0, 0.1) is 0 Å². The van der Waals surface area contributed by atoms with Crippen molar-refractivity contribution in [3.8, 4) is 0 Å². The molecule has 1 saturated heterocycles. The quantitative estimate of drug-likeness (QED) is 0.893. The van der Waals surface area contributed by atoms with Crippen LogP contribution in [0.3, 0.4) is 0 Å². The van der Waals surface area contributed by atoms with Gasteiger partial charge < -0.3 is 20.0 Å². The number of amides is 2. The molecule has 0 spiro atoms. The van der Waals surface area contributed by atoms with Gasteiger partial charge in [0.2, 0.25) is 0 Å². The predicted molar refractivity (Wildman–Crippen MR) is 108 cm³/mol. The molecule has 1 aromatic rings. The molecule has 0 aliphatic carbocycles. The van der Waals surface area contributed by atoms with Crippen molar-refractivity contribution in [2.75, 3.05) is 38.0 Å². The minimum absolute atomic E-state index is 0.0378. The highest BCUT2D eigenvalue weighted by Gasteiger charge is 2.28. The summed E-state index contributed by atoms with van der Waals surface area (Å²) < 4.78 is 0. The van der Waals surface area contributed by atoms with Gasteiger partial charge in [-0.2, -0.15) is 0 Å². The molecule has 0 bridgehead atoms. The summed E-state index contributed by atoms with van der Waals surface area (Å²) in [4.78, 5) is 27.9. The van der Waals surface area contributed by atoms with Gasteiger partial charge in [0.05, 0.1) is 18.9 Å². The number of nitrogens with zero attached hydrogens (tertiary/aromatic N) is 5. The van der Waals surface area contributed by atoms with E-state index in [4.69, 9.17) is 0 Å². The van der Waals surface area contributed by atoms with Crippen molar-refractivity contribution in [2.45, 2.75) is 26.3 Å². The molecule has 142 valence electrons. The highest BCUT2D eigenvalue weighted by atomic mass is 16.2. The number of hydrogen-bond acceptors (Lipinski definition) is 5. The maximum absolute atomic E-state index is 12.6. The van der Waals surface area contributed by atoms with Gasteiger partial charge in [0, 0.05) is 37.9 Å². The molecular weight excluding hydrogens is 340 g/mol. The maximum Gasteiger partial charge on any atom is 0.321 e. The Morgan fingerprint density at radius 2 is 2.07 bits per heavy atom. The Kier molecular flexibility index (Phi) is 4.83. The molecular formula is C20H26N6O. The average Bonchev–Trinajstić information content (AvgIpc) is 3.08. The molecule has 4 rings (SSSR count). The summed E-state index contributed by atoms with van der Waals surface area (Å²) in [7, 11) is 0. The number of fused-ring (bicyclic) bond motifs is 1. The number of amidine groups is 1. The number of hydrogen-bond donors (Lipinski definition) is 1. The Hall–Kier alpha value is -2.83. The Morgan fingerprint density at radius 3 is 2.85 bits per heavy atom. The van der Waals surface area contributed by atoms with Crippen molar-refractivity contribution in [1.82, 2.24) is 14.7 Å². The predicted octanol–water partition coefficient (Wildman–Crippen LogP) is 2.38. The van der Waals surface area contributed by atoms with Crippen LogP contribution in [0.15, 0.2) is 46.1 Å². The third kappa shape index (κ3) is 3.67. The third-order valence-electron chi connectivity index (χ3n) is 5.31. The Balaban J connectivity index is 1.33. The normalized spacial score (nSPS) is 21.7. The topological polar surface area (TPSA) is 63.5 Å². The van der Waals surface area contributed by atoms with Crippen LogP contribution >= 0.6 is 0 Å². The summed E-state index contributed by atoms with van der Waals surface area (Å²) in [5.41, 5.74) is 2.08. The molecule has 0 unspecified atom stereocenters. The number of carbonyl (C=O) groups excluding carboxylic acids is 1. The van der Waals surface area contributed by atoms with Gasteiger partial charge in [-0.05, 0) is 31.0 Å². The summed E-state index contributed by atoms with van der Waals surface area (Å²) in [5.74, 6) is 1.93. The molecule has 27 heavy (non-hydrogen) atoms. The lowest BCUT2D eigenvalue weighted by Crippen LogP contribution is -2.50. The standard InChI is InChI=1S/C20H26N6O/c1-3-16-5-4-6-17(11-16)23-20(27)25-9-7-24(8-10-25)18-12-19-21-13-15(2)26(19)14-22-18/h4-6,11-12,14-15H,3,7-10,13H2,1-2H3,(H,23,27)/t15-/m1/s1. The van der Waals surface area contributed by atoms with Crippen LogP contribution in [0.5, 0.6) is 0 Å². The first-order chi connectivity index (χ1) is 13.1. The van der Waals surface area contributed by atoms with Gasteiger partial charge in [-0.3, -0.25) is 4.99 Å². The summed E-state index contributed by atoms with van der Waals surface area (Å²) in [6.07, 6.45) is 4.89. The van der Waals surface area contributed by atoms with Crippen LogP contribution in [0.1, 0.15) is 19.4 Å². The number of nitrogens with one attached hydrogen (secondary N) is 1. The molecule has 2 amide bonds. The SMILES string of the molecule is CCc1cccc(NC(=O)N2CCN(C3=CC4=NC[C@@H](C)N4C=N3)CC2)c1. The van der Waals surface area contributed by atoms with E-state index in [0.29, 0.717) is 19.1 Å². The third-order valence-corrected chi connectivity index (χ3v) is 5.31. The summed E-state index contributed by atoms with van der Waals surface area (Å²) >= 11 is 0. The van der Waals surface area contributed by atoms with Crippen molar-refractivity contribution < 1.29 is 4.79 Å². The van der Waals surface area contributed by atoms with Crippen molar-refractivity contribution in [3.05, 3.63) is 41.7 Å². The number of aliphatic imine (C=N–C) groups is 2. The molecule has 1 aromatic carbocycles. The van der Waals surface area contributed by atoms with E-state index in [-0.39, 0.29) is 6.03 Å². The number of anilines is 1. The van der Waals surface area contributed by atoms with Crippen LogP contribution in [0.4, 0.5) is 10.5 Å². The highest BCUT2D eigenvalue weighted by Crippen LogP contribution is 2.19. The van der Waals surface area contributed by atoms with Crippen LogP contribution in [-0.4, -0.2) is 71.7 Å². The lowest BCUT2D eigenvalue weighted by atomic mass is 10.1. The van der Waals surface area contributed by atoms with Gasteiger partial charge >= 0.3 is 6.03 Å². The molecule has 7 heteroatoms. The maximum atomic E-state index is 12.6. The molecule has 1 N–H and O–H groups in total. The van der Waals surface area contributed by atoms with Crippen molar-refractivity contribution in [3.63, 3.8) is 0 Å². The van der Waals surface area contributed by atoms with Crippen LogP contribution in [-0.2, 0) is 6.42 Å². The second-order valence-corrected chi connectivity index (χ2v) is 7.16. The Morgan fingerprint density at radius 1 is 1.26 bits per heavy atom. The fourth-order valence-corrected chi connectivity index (χ4v) is 3.57. The molecule has 3 heterocycles. The first kappa shape index (κ1) is 17.6. The molecule has 7 nitrogen and oxygen atoms in total. The molecule has 0 aromatic heterocycles. The fraction of sp³-hybridized carbons (Fsp3) is 0.450. The van der Waals surface area contributed by atoms with Crippen LogP contribution in [0.25, 0.3) is 0 Å². The van der Waals surface area contributed by atoms with E-state index >= 15 is 0 Å². The number of rotatable bonds is 3. The first-order valence-corrected chi connectivity index (χ1v) is 9.62. The average molecular weight is 366 g/mol. The molecule has 3 aliphatic rings. The highest BCUT2D eigenvalue weighted by molar-refractivity contribution is 6.03. The first-order valence-electron chi connectivity index (χ1n) is 9.62. The van der Waals surface area contributed by atoms with E-state index in [0.717, 1.165) is 43.4 Å². The summed E-state index contributed by atoms with van der Waals surface area (Å²) in [6, 6.07) is 8.37. The molecule has 3 aliphatic heterocycles. The van der Waals surface area contributed by atoms with Gasteiger partial charge in [0.1, 0.15) is 11.7 Å². The molecule has 1 fully saturated rings. The molecule has 0 radical (unpaired) electrons. The zero-order chi connectivity index (χ0) is 18.8.